The maximum atomic E-state index is 13.7. The van der Waals surface area contributed by atoms with Crippen LogP contribution in [0.2, 0.25) is 0 Å². The Kier molecular flexibility index (Phi) is 4.36. The number of pyridine rings is 2. The van der Waals surface area contributed by atoms with E-state index in [2.05, 4.69) is 10.3 Å². The van der Waals surface area contributed by atoms with E-state index in [9.17, 15) is 19.1 Å². The zero-order valence-corrected chi connectivity index (χ0v) is 14.4. The Labute approximate surface area is 157 Å². The summed E-state index contributed by atoms with van der Waals surface area (Å²) >= 11 is 0. The number of nitrogens with zero attached hydrogens (tertiary/aromatic N) is 2. The second-order valence-corrected chi connectivity index (χ2v) is 5.98. The van der Waals surface area contributed by atoms with Crippen LogP contribution in [-0.2, 0) is 6.54 Å². The average Bonchev–Trinajstić information content (AvgIpc) is 3.20. The van der Waals surface area contributed by atoms with Crippen molar-refractivity contribution in [2.75, 3.05) is 0 Å². The number of carbonyl (C=O) groups excluding carboxylic acids is 1. The molecule has 0 saturated carbocycles. The van der Waals surface area contributed by atoms with Crippen LogP contribution in [-0.4, -0.2) is 20.6 Å². The molecule has 1 aromatic carbocycles. The summed E-state index contributed by atoms with van der Waals surface area (Å²) in [4.78, 5) is 29.9. The average molecular weight is 379 g/mol. The molecule has 2 N–H and O–H groups in total. The van der Waals surface area contributed by atoms with Crippen molar-refractivity contribution in [1.82, 2.24) is 14.9 Å². The fourth-order valence-corrected chi connectivity index (χ4v) is 2.93. The van der Waals surface area contributed by atoms with E-state index in [-0.39, 0.29) is 23.3 Å². The third-order valence-corrected chi connectivity index (χ3v) is 4.20. The molecular weight excluding hydrogens is 365 g/mol. The standard InChI is InChI=1S/C20H14FN3O4/c21-12-4-1-5-13(10-12)24-18-15(7-2-8-22-18)17(25)16(20(24)27)19(26)23-11-14-6-3-9-28-14/h1-10,25H,11H2,(H,23,26). The van der Waals surface area contributed by atoms with Gasteiger partial charge in [0.2, 0.25) is 0 Å². The van der Waals surface area contributed by atoms with E-state index in [0.717, 1.165) is 10.6 Å². The molecular formula is C20H14FN3O4. The molecule has 7 nitrogen and oxygen atoms in total. The molecule has 8 heteroatoms. The Hall–Kier alpha value is -3.94. The lowest BCUT2D eigenvalue weighted by atomic mass is 10.1. The van der Waals surface area contributed by atoms with Gasteiger partial charge in [-0.2, -0.15) is 0 Å². The first kappa shape index (κ1) is 17.5. The number of halogens is 1. The number of furan rings is 1. The lowest BCUT2D eigenvalue weighted by Crippen LogP contribution is -2.33. The Bertz CT molecular complexity index is 1230. The number of amides is 1. The van der Waals surface area contributed by atoms with Crippen LogP contribution in [0.1, 0.15) is 16.1 Å². The predicted octanol–water partition coefficient (Wildman–Crippen LogP) is 2.75. The third-order valence-electron chi connectivity index (χ3n) is 4.20. The maximum absolute atomic E-state index is 13.7. The van der Waals surface area contributed by atoms with E-state index in [1.807, 2.05) is 0 Å². The van der Waals surface area contributed by atoms with Gasteiger partial charge in [-0.3, -0.25) is 14.2 Å². The van der Waals surface area contributed by atoms with Crippen LogP contribution in [0.25, 0.3) is 16.7 Å². The minimum atomic E-state index is -0.814. The number of nitrogens with one attached hydrogen (secondary N) is 1. The Morgan fingerprint density at radius 1 is 1.21 bits per heavy atom. The second-order valence-electron chi connectivity index (χ2n) is 5.98. The Morgan fingerprint density at radius 3 is 2.82 bits per heavy atom. The van der Waals surface area contributed by atoms with Crippen molar-refractivity contribution >= 4 is 16.9 Å². The molecule has 0 atom stereocenters. The minimum Gasteiger partial charge on any atom is -0.506 e. The van der Waals surface area contributed by atoms with Crippen LogP contribution in [0, 0.1) is 5.82 Å². The Balaban J connectivity index is 1.89. The molecule has 0 spiro atoms. The molecule has 0 aliphatic heterocycles. The zero-order valence-electron chi connectivity index (χ0n) is 14.4. The van der Waals surface area contributed by atoms with Gasteiger partial charge in [0, 0.05) is 6.20 Å². The smallest absolute Gasteiger partial charge is 0.273 e. The minimum absolute atomic E-state index is 0.0375. The summed E-state index contributed by atoms with van der Waals surface area (Å²) in [5.74, 6) is -1.33. The van der Waals surface area contributed by atoms with E-state index in [4.69, 9.17) is 4.42 Å². The molecule has 3 heterocycles. The largest absolute Gasteiger partial charge is 0.506 e. The molecule has 0 bridgehead atoms. The number of hydrogen-bond donors (Lipinski definition) is 2. The summed E-state index contributed by atoms with van der Waals surface area (Å²) < 4.78 is 20.0. The summed E-state index contributed by atoms with van der Waals surface area (Å²) in [5.41, 5.74) is -0.977. The summed E-state index contributed by atoms with van der Waals surface area (Å²) in [6, 6.07) is 11.8. The summed E-state index contributed by atoms with van der Waals surface area (Å²) in [6.07, 6.45) is 2.89. The van der Waals surface area contributed by atoms with Crippen LogP contribution >= 0.6 is 0 Å². The SMILES string of the molecule is O=C(NCc1ccco1)c1c(O)c2cccnc2n(-c2cccc(F)c2)c1=O. The van der Waals surface area contributed by atoms with Crippen molar-refractivity contribution in [3.8, 4) is 11.4 Å². The fraction of sp³-hybridized carbons (Fsp3) is 0.0500. The summed E-state index contributed by atoms with van der Waals surface area (Å²) in [6.45, 7) is 0.0375. The zero-order chi connectivity index (χ0) is 19.7. The van der Waals surface area contributed by atoms with Gasteiger partial charge in [-0.05, 0) is 42.5 Å². The van der Waals surface area contributed by atoms with Crippen LogP contribution in [0.3, 0.4) is 0 Å². The number of aromatic nitrogens is 2. The first-order valence-electron chi connectivity index (χ1n) is 8.35. The van der Waals surface area contributed by atoms with Gasteiger partial charge in [0.1, 0.15) is 22.9 Å². The molecule has 0 aliphatic rings. The number of benzene rings is 1. The molecule has 4 aromatic rings. The number of carbonyl (C=O) groups is 1. The highest BCUT2D eigenvalue weighted by Crippen LogP contribution is 2.26. The van der Waals surface area contributed by atoms with Crippen molar-refractivity contribution in [3.05, 3.63) is 88.5 Å². The van der Waals surface area contributed by atoms with E-state index in [1.54, 1.807) is 18.2 Å². The monoisotopic (exact) mass is 379 g/mol. The van der Waals surface area contributed by atoms with E-state index >= 15 is 0 Å². The highest BCUT2D eigenvalue weighted by atomic mass is 19.1. The van der Waals surface area contributed by atoms with Gasteiger partial charge >= 0.3 is 0 Å². The number of hydrogen-bond acceptors (Lipinski definition) is 5. The van der Waals surface area contributed by atoms with Crippen LogP contribution < -0.4 is 10.9 Å². The van der Waals surface area contributed by atoms with Crippen molar-refractivity contribution in [3.63, 3.8) is 0 Å². The molecule has 0 saturated heterocycles. The van der Waals surface area contributed by atoms with E-state index in [0.29, 0.717) is 5.76 Å². The fourth-order valence-electron chi connectivity index (χ4n) is 2.93. The molecule has 3 aromatic heterocycles. The first-order valence-corrected chi connectivity index (χ1v) is 8.35. The summed E-state index contributed by atoms with van der Waals surface area (Å²) in [5, 5.41) is 13.3. The molecule has 0 radical (unpaired) electrons. The normalized spacial score (nSPS) is 10.9. The van der Waals surface area contributed by atoms with Crippen LogP contribution in [0.4, 0.5) is 4.39 Å². The first-order chi connectivity index (χ1) is 13.6. The Morgan fingerprint density at radius 2 is 2.07 bits per heavy atom. The highest BCUT2D eigenvalue weighted by Gasteiger charge is 2.23. The lowest BCUT2D eigenvalue weighted by Gasteiger charge is -2.14. The van der Waals surface area contributed by atoms with Gasteiger partial charge in [0.05, 0.1) is 23.9 Å². The molecule has 0 aliphatic carbocycles. The topological polar surface area (TPSA) is 97.4 Å². The van der Waals surface area contributed by atoms with Gasteiger partial charge in [0.25, 0.3) is 11.5 Å². The van der Waals surface area contributed by atoms with Gasteiger partial charge in [0.15, 0.2) is 5.65 Å². The van der Waals surface area contributed by atoms with Gasteiger partial charge in [-0.25, -0.2) is 9.37 Å². The van der Waals surface area contributed by atoms with Crippen molar-refractivity contribution < 1.29 is 18.7 Å². The van der Waals surface area contributed by atoms with Crippen LogP contribution in [0.15, 0.2) is 70.2 Å². The molecule has 4 rings (SSSR count). The van der Waals surface area contributed by atoms with E-state index < -0.39 is 28.6 Å². The second kappa shape index (κ2) is 6.99. The highest BCUT2D eigenvalue weighted by molar-refractivity contribution is 6.02. The third kappa shape index (κ3) is 3.01. The number of aromatic hydroxyl groups is 1. The molecule has 0 fully saturated rings. The van der Waals surface area contributed by atoms with Gasteiger partial charge < -0.3 is 14.8 Å². The molecule has 0 unspecified atom stereocenters. The number of rotatable bonds is 4. The van der Waals surface area contributed by atoms with Crippen LogP contribution in [0.5, 0.6) is 5.75 Å². The van der Waals surface area contributed by atoms with Crippen molar-refractivity contribution in [2.45, 2.75) is 6.54 Å². The molecule has 28 heavy (non-hydrogen) atoms. The lowest BCUT2D eigenvalue weighted by molar-refractivity contribution is 0.0943. The van der Waals surface area contributed by atoms with Crippen molar-refractivity contribution in [2.24, 2.45) is 0 Å². The summed E-state index contributed by atoms with van der Waals surface area (Å²) in [7, 11) is 0. The van der Waals surface area contributed by atoms with E-state index in [1.165, 1.54) is 36.7 Å². The molecule has 140 valence electrons. The quantitative estimate of drug-likeness (QED) is 0.568. The predicted molar refractivity (Wildman–Crippen MR) is 98.8 cm³/mol. The van der Waals surface area contributed by atoms with Gasteiger partial charge in [-0.1, -0.05) is 6.07 Å². The van der Waals surface area contributed by atoms with Gasteiger partial charge in [-0.15, -0.1) is 0 Å². The number of fused-ring (bicyclic) bond motifs is 1. The van der Waals surface area contributed by atoms with Crippen molar-refractivity contribution in [1.29, 1.82) is 0 Å². The molecule has 1 amide bonds. The maximum Gasteiger partial charge on any atom is 0.273 e.